The Labute approximate surface area is 83.3 Å². The van der Waals surface area contributed by atoms with Gasteiger partial charge in [0, 0.05) is 12.6 Å². The minimum absolute atomic E-state index is 0.0787. The lowest BCUT2D eigenvalue weighted by Crippen LogP contribution is -2.29. The molecule has 14 heavy (non-hydrogen) atoms. The molecule has 0 radical (unpaired) electrons. The Kier molecular flexibility index (Phi) is 3.24. The Hall–Kier alpha value is -1.36. The molecule has 0 amide bonds. The van der Waals surface area contributed by atoms with Crippen LogP contribution in [0.4, 0.5) is 5.82 Å². The summed E-state index contributed by atoms with van der Waals surface area (Å²) < 4.78 is 1.26. The first-order chi connectivity index (χ1) is 6.56. The first kappa shape index (κ1) is 10.7. The summed E-state index contributed by atoms with van der Waals surface area (Å²) in [6, 6.07) is 1.68. The van der Waals surface area contributed by atoms with E-state index in [1.807, 2.05) is 20.9 Å². The summed E-state index contributed by atoms with van der Waals surface area (Å²) in [5.74, 6) is 0.196. The van der Waals surface area contributed by atoms with E-state index in [4.69, 9.17) is 5.73 Å². The molecule has 0 saturated carbocycles. The molecule has 0 aliphatic rings. The van der Waals surface area contributed by atoms with Gasteiger partial charge in [0.05, 0.1) is 11.6 Å². The molecule has 5 heteroatoms. The third kappa shape index (κ3) is 2.11. The number of hydrogen-bond donors (Lipinski definition) is 2. The molecule has 0 bridgehead atoms. The molecular formula is C9H16N4O. The molecule has 1 unspecified atom stereocenters. The summed E-state index contributed by atoms with van der Waals surface area (Å²) >= 11 is 0. The Morgan fingerprint density at radius 2 is 2.43 bits per heavy atom. The van der Waals surface area contributed by atoms with Gasteiger partial charge in [-0.3, -0.25) is 4.79 Å². The summed E-state index contributed by atoms with van der Waals surface area (Å²) in [6.07, 6.45) is 0. The van der Waals surface area contributed by atoms with Gasteiger partial charge in [-0.15, -0.1) is 0 Å². The Balaban J connectivity index is 2.83. The van der Waals surface area contributed by atoms with Crippen LogP contribution < -0.4 is 11.1 Å². The number of aromatic nitrogens is 2. The fraction of sp³-hybridized carbons (Fsp3) is 0.556. The average Bonchev–Trinajstić information content (AvgIpc) is 2.44. The van der Waals surface area contributed by atoms with Crippen LogP contribution in [0.2, 0.25) is 0 Å². The van der Waals surface area contributed by atoms with Crippen LogP contribution in [0.1, 0.15) is 17.4 Å². The maximum atomic E-state index is 11.7. The summed E-state index contributed by atoms with van der Waals surface area (Å²) in [5.41, 5.74) is 6.39. The maximum Gasteiger partial charge on any atom is 0.252 e. The van der Waals surface area contributed by atoms with E-state index in [0.29, 0.717) is 12.4 Å². The summed E-state index contributed by atoms with van der Waals surface area (Å²) in [4.78, 5) is 11.7. The van der Waals surface area contributed by atoms with Gasteiger partial charge in [0.2, 0.25) is 0 Å². The molecule has 3 N–H and O–H groups in total. The van der Waals surface area contributed by atoms with Gasteiger partial charge in [-0.05, 0) is 14.0 Å². The molecule has 5 nitrogen and oxygen atoms in total. The van der Waals surface area contributed by atoms with Crippen molar-refractivity contribution in [2.45, 2.75) is 13.8 Å². The lowest BCUT2D eigenvalue weighted by molar-refractivity contribution is 0.0831. The second kappa shape index (κ2) is 4.23. The van der Waals surface area contributed by atoms with Crippen LogP contribution in [0, 0.1) is 12.8 Å². The van der Waals surface area contributed by atoms with Gasteiger partial charge in [0.25, 0.3) is 5.91 Å². The monoisotopic (exact) mass is 196 g/mol. The zero-order valence-electron chi connectivity index (χ0n) is 8.74. The quantitative estimate of drug-likeness (QED) is 0.727. The van der Waals surface area contributed by atoms with E-state index in [1.165, 1.54) is 4.68 Å². The number of rotatable bonds is 3. The van der Waals surface area contributed by atoms with Gasteiger partial charge in [-0.25, -0.2) is 0 Å². The molecule has 78 valence electrons. The predicted molar refractivity (Wildman–Crippen MR) is 55.1 cm³/mol. The van der Waals surface area contributed by atoms with Crippen LogP contribution in [-0.2, 0) is 0 Å². The molecule has 1 aromatic rings. The third-order valence-corrected chi connectivity index (χ3v) is 2.00. The summed E-state index contributed by atoms with van der Waals surface area (Å²) in [5, 5.41) is 6.97. The van der Waals surface area contributed by atoms with Gasteiger partial charge >= 0.3 is 0 Å². The van der Waals surface area contributed by atoms with Crippen LogP contribution >= 0.6 is 0 Å². The lowest BCUT2D eigenvalue weighted by atomic mass is 10.1. The van der Waals surface area contributed by atoms with Crippen molar-refractivity contribution in [3.63, 3.8) is 0 Å². The van der Waals surface area contributed by atoms with Crippen molar-refractivity contribution in [2.75, 3.05) is 19.3 Å². The molecule has 0 aliphatic heterocycles. The van der Waals surface area contributed by atoms with Crippen molar-refractivity contribution < 1.29 is 4.79 Å². The number of nitrogens with two attached hydrogens (primary N) is 1. The van der Waals surface area contributed by atoms with Gasteiger partial charge in [-0.2, -0.15) is 9.78 Å². The van der Waals surface area contributed by atoms with E-state index in [2.05, 4.69) is 10.4 Å². The fourth-order valence-electron chi connectivity index (χ4n) is 1.30. The standard InChI is InChI=1S/C9H16N4O/c1-6(5-11-3)9(14)13-8(10)4-7(2)12-13/h4,6,11H,5,10H2,1-3H3. The molecule has 1 rings (SSSR count). The Morgan fingerprint density at radius 1 is 1.79 bits per heavy atom. The summed E-state index contributed by atoms with van der Waals surface area (Å²) in [7, 11) is 1.81. The average molecular weight is 196 g/mol. The third-order valence-electron chi connectivity index (χ3n) is 2.00. The normalized spacial score (nSPS) is 12.8. The minimum Gasteiger partial charge on any atom is -0.383 e. The molecule has 0 saturated heterocycles. The number of carbonyl (C=O) groups excluding carboxylic acids is 1. The largest absolute Gasteiger partial charge is 0.383 e. The molecule has 0 spiro atoms. The van der Waals surface area contributed by atoms with Crippen LogP contribution in [0.3, 0.4) is 0 Å². The van der Waals surface area contributed by atoms with Crippen LogP contribution in [0.5, 0.6) is 0 Å². The highest BCUT2D eigenvalue weighted by molar-refractivity contribution is 5.83. The van der Waals surface area contributed by atoms with Gasteiger partial charge < -0.3 is 11.1 Å². The van der Waals surface area contributed by atoms with Gasteiger partial charge in [0.1, 0.15) is 5.82 Å². The molecule has 1 atom stereocenters. The number of hydrogen-bond acceptors (Lipinski definition) is 4. The molecule has 0 aromatic carbocycles. The van der Waals surface area contributed by atoms with Crippen molar-refractivity contribution in [3.8, 4) is 0 Å². The maximum absolute atomic E-state index is 11.7. The number of nitrogens with one attached hydrogen (secondary N) is 1. The molecular weight excluding hydrogens is 180 g/mol. The number of aryl methyl sites for hydroxylation is 1. The lowest BCUT2D eigenvalue weighted by Gasteiger charge is -2.09. The number of carbonyl (C=O) groups is 1. The van der Waals surface area contributed by atoms with E-state index in [-0.39, 0.29) is 11.8 Å². The minimum atomic E-state index is -0.124. The van der Waals surface area contributed by atoms with Crippen molar-refractivity contribution in [2.24, 2.45) is 5.92 Å². The van der Waals surface area contributed by atoms with Crippen LogP contribution in [0.15, 0.2) is 6.07 Å². The first-order valence-electron chi connectivity index (χ1n) is 4.57. The second-order valence-corrected chi connectivity index (χ2v) is 3.42. The molecule has 0 fully saturated rings. The topological polar surface area (TPSA) is 72.9 Å². The van der Waals surface area contributed by atoms with E-state index in [1.54, 1.807) is 6.07 Å². The SMILES string of the molecule is CNCC(C)C(=O)n1nc(C)cc1N. The zero-order chi connectivity index (χ0) is 10.7. The van der Waals surface area contributed by atoms with Crippen LogP contribution in [-0.4, -0.2) is 29.3 Å². The number of nitrogen functional groups attached to an aromatic ring is 1. The molecule has 0 aliphatic carbocycles. The smallest absolute Gasteiger partial charge is 0.252 e. The number of nitrogens with zero attached hydrogens (tertiary/aromatic N) is 2. The van der Waals surface area contributed by atoms with Crippen molar-refractivity contribution >= 4 is 11.7 Å². The van der Waals surface area contributed by atoms with E-state index >= 15 is 0 Å². The highest BCUT2D eigenvalue weighted by atomic mass is 16.2. The second-order valence-electron chi connectivity index (χ2n) is 3.42. The van der Waals surface area contributed by atoms with E-state index in [0.717, 1.165) is 5.69 Å². The molecule has 1 heterocycles. The highest BCUT2D eigenvalue weighted by Crippen LogP contribution is 2.08. The van der Waals surface area contributed by atoms with Crippen LogP contribution in [0.25, 0.3) is 0 Å². The Bertz CT molecular complexity index is 332. The van der Waals surface area contributed by atoms with Crippen molar-refractivity contribution in [3.05, 3.63) is 11.8 Å². The fourth-order valence-corrected chi connectivity index (χ4v) is 1.30. The zero-order valence-corrected chi connectivity index (χ0v) is 8.74. The number of anilines is 1. The van der Waals surface area contributed by atoms with E-state index in [9.17, 15) is 4.79 Å². The van der Waals surface area contributed by atoms with Crippen molar-refractivity contribution in [1.82, 2.24) is 15.1 Å². The Morgan fingerprint density at radius 3 is 2.86 bits per heavy atom. The first-order valence-corrected chi connectivity index (χ1v) is 4.57. The summed E-state index contributed by atoms with van der Waals surface area (Å²) in [6.45, 7) is 4.27. The van der Waals surface area contributed by atoms with Gasteiger partial charge in [0.15, 0.2) is 0 Å². The van der Waals surface area contributed by atoms with E-state index < -0.39 is 0 Å². The van der Waals surface area contributed by atoms with Crippen molar-refractivity contribution in [1.29, 1.82) is 0 Å². The predicted octanol–water partition coefficient (Wildman–Crippen LogP) is 0.269. The van der Waals surface area contributed by atoms with Gasteiger partial charge in [-0.1, -0.05) is 6.92 Å². The molecule has 1 aromatic heterocycles. The highest BCUT2D eigenvalue weighted by Gasteiger charge is 2.17.